The molecule has 2 aliphatic carbocycles. The van der Waals surface area contributed by atoms with Gasteiger partial charge in [-0.05, 0) is 44.7 Å². The average Bonchev–Trinajstić information content (AvgIpc) is 3.45. The van der Waals surface area contributed by atoms with Crippen molar-refractivity contribution in [3.05, 3.63) is 41.3 Å². The SMILES string of the molecule is Cc1c(F)cccc1Nc1cc(C2CC2)nc(NC2CCCCC2)n1. The first-order chi connectivity index (χ1) is 12.2. The summed E-state index contributed by atoms with van der Waals surface area (Å²) >= 11 is 0. The highest BCUT2D eigenvalue weighted by Gasteiger charge is 2.26. The van der Waals surface area contributed by atoms with E-state index in [2.05, 4.69) is 15.6 Å². The Hall–Kier alpha value is -2.17. The van der Waals surface area contributed by atoms with Crippen LogP contribution in [0.4, 0.5) is 21.8 Å². The lowest BCUT2D eigenvalue weighted by molar-refractivity contribution is 0.460. The van der Waals surface area contributed by atoms with Crippen LogP contribution < -0.4 is 10.6 Å². The smallest absolute Gasteiger partial charge is 0.225 e. The second-order valence-corrected chi connectivity index (χ2v) is 7.29. The molecule has 4 nitrogen and oxygen atoms in total. The lowest BCUT2D eigenvalue weighted by Crippen LogP contribution is -2.23. The van der Waals surface area contributed by atoms with E-state index in [9.17, 15) is 4.39 Å². The van der Waals surface area contributed by atoms with E-state index in [1.807, 2.05) is 12.1 Å². The molecule has 1 aromatic heterocycles. The molecule has 2 saturated carbocycles. The molecule has 0 saturated heterocycles. The lowest BCUT2D eigenvalue weighted by atomic mass is 9.96. The van der Waals surface area contributed by atoms with Crippen LogP contribution in [0.25, 0.3) is 0 Å². The monoisotopic (exact) mass is 340 g/mol. The minimum absolute atomic E-state index is 0.206. The summed E-state index contributed by atoms with van der Waals surface area (Å²) in [5.41, 5.74) is 2.45. The van der Waals surface area contributed by atoms with E-state index < -0.39 is 0 Å². The number of aromatic nitrogens is 2. The van der Waals surface area contributed by atoms with Gasteiger partial charge < -0.3 is 10.6 Å². The minimum Gasteiger partial charge on any atom is -0.351 e. The van der Waals surface area contributed by atoms with Gasteiger partial charge in [0.15, 0.2) is 0 Å². The maximum absolute atomic E-state index is 13.8. The van der Waals surface area contributed by atoms with Crippen LogP contribution in [-0.4, -0.2) is 16.0 Å². The van der Waals surface area contributed by atoms with Crippen molar-refractivity contribution in [1.29, 1.82) is 0 Å². The van der Waals surface area contributed by atoms with Crippen molar-refractivity contribution in [3.8, 4) is 0 Å². The molecule has 0 atom stereocenters. The maximum atomic E-state index is 13.8. The van der Waals surface area contributed by atoms with Crippen molar-refractivity contribution >= 4 is 17.5 Å². The highest BCUT2D eigenvalue weighted by atomic mass is 19.1. The molecule has 2 fully saturated rings. The fourth-order valence-electron chi connectivity index (χ4n) is 3.49. The van der Waals surface area contributed by atoms with Gasteiger partial charge in [-0.25, -0.2) is 9.37 Å². The van der Waals surface area contributed by atoms with Gasteiger partial charge in [-0.15, -0.1) is 0 Å². The van der Waals surface area contributed by atoms with Gasteiger partial charge in [0.05, 0.1) is 5.69 Å². The molecule has 4 rings (SSSR count). The van der Waals surface area contributed by atoms with E-state index in [0.29, 0.717) is 23.5 Å². The molecular formula is C20H25FN4. The Labute approximate surface area is 148 Å². The van der Waals surface area contributed by atoms with Crippen molar-refractivity contribution in [2.24, 2.45) is 0 Å². The molecule has 132 valence electrons. The van der Waals surface area contributed by atoms with Gasteiger partial charge in [0.25, 0.3) is 0 Å². The predicted molar refractivity (Wildman–Crippen MR) is 98.9 cm³/mol. The number of nitrogens with zero attached hydrogens (tertiary/aromatic N) is 2. The highest BCUT2D eigenvalue weighted by Crippen LogP contribution is 2.40. The van der Waals surface area contributed by atoms with Gasteiger partial charge in [-0.3, -0.25) is 0 Å². The fourth-order valence-corrected chi connectivity index (χ4v) is 3.49. The predicted octanol–water partition coefficient (Wildman–Crippen LogP) is 5.29. The van der Waals surface area contributed by atoms with Gasteiger partial charge in [0.2, 0.25) is 5.95 Å². The minimum atomic E-state index is -0.206. The number of anilines is 3. The molecular weight excluding hydrogens is 315 g/mol. The summed E-state index contributed by atoms with van der Waals surface area (Å²) in [5.74, 6) is 1.78. The van der Waals surface area contributed by atoms with Gasteiger partial charge in [-0.2, -0.15) is 4.98 Å². The molecule has 1 aromatic carbocycles. The molecule has 2 aromatic rings. The zero-order valence-corrected chi connectivity index (χ0v) is 14.7. The zero-order valence-electron chi connectivity index (χ0n) is 14.7. The highest BCUT2D eigenvalue weighted by molar-refractivity contribution is 5.61. The van der Waals surface area contributed by atoms with E-state index >= 15 is 0 Å². The second kappa shape index (κ2) is 6.98. The van der Waals surface area contributed by atoms with Crippen molar-refractivity contribution < 1.29 is 4.39 Å². The number of hydrogen-bond donors (Lipinski definition) is 2. The van der Waals surface area contributed by atoms with E-state index in [1.54, 1.807) is 13.0 Å². The molecule has 0 spiro atoms. The van der Waals surface area contributed by atoms with Crippen molar-refractivity contribution in [2.75, 3.05) is 10.6 Å². The lowest BCUT2D eigenvalue weighted by Gasteiger charge is -2.23. The van der Waals surface area contributed by atoms with Crippen molar-refractivity contribution in [3.63, 3.8) is 0 Å². The number of nitrogens with one attached hydrogen (secondary N) is 2. The van der Waals surface area contributed by atoms with Crippen molar-refractivity contribution in [2.45, 2.75) is 63.8 Å². The molecule has 5 heteroatoms. The summed E-state index contributed by atoms with van der Waals surface area (Å²) in [6.45, 7) is 1.78. The van der Waals surface area contributed by atoms with Crippen molar-refractivity contribution in [1.82, 2.24) is 9.97 Å². The van der Waals surface area contributed by atoms with Gasteiger partial charge in [0, 0.05) is 29.3 Å². The van der Waals surface area contributed by atoms with Gasteiger partial charge in [-0.1, -0.05) is 25.3 Å². The Balaban J connectivity index is 1.58. The number of hydrogen-bond acceptors (Lipinski definition) is 4. The van der Waals surface area contributed by atoms with Crippen LogP contribution >= 0.6 is 0 Å². The summed E-state index contributed by atoms with van der Waals surface area (Å²) in [4.78, 5) is 9.38. The molecule has 0 amide bonds. The van der Waals surface area contributed by atoms with E-state index in [-0.39, 0.29) is 5.82 Å². The third-order valence-corrected chi connectivity index (χ3v) is 5.21. The standard InChI is InChI=1S/C20H25FN4/c1-13-16(21)8-5-9-17(13)23-19-12-18(14-10-11-14)24-20(25-19)22-15-6-3-2-4-7-15/h5,8-9,12,14-15H,2-4,6-7,10-11H2,1H3,(H2,22,23,24,25). The average molecular weight is 340 g/mol. The third kappa shape index (κ3) is 3.91. The van der Waals surface area contributed by atoms with Gasteiger partial charge >= 0.3 is 0 Å². The van der Waals surface area contributed by atoms with E-state index in [1.165, 1.54) is 51.0 Å². The fraction of sp³-hybridized carbons (Fsp3) is 0.500. The number of benzene rings is 1. The summed E-state index contributed by atoms with van der Waals surface area (Å²) in [6, 6.07) is 7.55. The molecule has 2 N–H and O–H groups in total. The molecule has 0 radical (unpaired) electrons. The molecule has 25 heavy (non-hydrogen) atoms. The third-order valence-electron chi connectivity index (χ3n) is 5.21. The largest absolute Gasteiger partial charge is 0.351 e. The van der Waals surface area contributed by atoms with Gasteiger partial charge in [0.1, 0.15) is 11.6 Å². The van der Waals surface area contributed by atoms with Crippen LogP contribution in [0.1, 0.15) is 62.1 Å². The van der Waals surface area contributed by atoms with Crippen LogP contribution in [0.2, 0.25) is 0 Å². The number of halogens is 1. The maximum Gasteiger partial charge on any atom is 0.225 e. The van der Waals surface area contributed by atoms with Crippen LogP contribution in [-0.2, 0) is 0 Å². The molecule has 0 bridgehead atoms. The quantitative estimate of drug-likeness (QED) is 0.776. The summed E-state index contributed by atoms with van der Waals surface area (Å²) in [6.07, 6.45) is 8.62. The Bertz CT molecular complexity index is 751. The Morgan fingerprint density at radius 2 is 1.84 bits per heavy atom. The normalized spacial score (nSPS) is 18.2. The first-order valence-electron chi connectivity index (χ1n) is 9.37. The molecule has 2 aliphatic rings. The Morgan fingerprint density at radius 3 is 2.60 bits per heavy atom. The first kappa shape index (κ1) is 16.3. The Kier molecular flexibility index (Phi) is 4.55. The summed E-state index contributed by atoms with van der Waals surface area (Å²) in [7, 11) is 0. The molecule has 1 heterocycles. The summed E-state index contributed by atoms with van der Waals surface area (Å²) < 4.78 is 13.8. The topological polar surface area (TPSA) is 49.8 Å². The van der Waals surface area contributed by atoms with Crippen LogP contribution in [0.15, 0.2) is 24.3 Å². The van der Waals surface area contributed by atoms with E-state index in [0.717, 1.165) is 17.2 Å². The van der Waals surface area contributed by atoms with E-state index in [4.69, 9.17) is 4.98 Å². The first-order valence-corrected chi connectivity index (χ1v) is 9.37. The molecule has 0 aliphatic heterocycles. The van der Waals surface area contributed by atoms with Crippen LogP contribution in [0, 0.1) is 12.7 Å². The van der Waals surface area contributed by atoms with Crippen LogP contribution in [0.3, 0.4) is 0 Å². The van der Waals surface area contributed by atoms with Crippen LogP contribution in [0.5, 0.6) is 0 Å². The Morgan fingerprint density at radius 1 is 1.04 bits per heavy atom. The summed E-state index contributed by atoms with van der Waals surface area (Å²) in [5, 5.41) is 6.80. The second-order valence-electron chi connectivity index (χ2n) is 7.29. The number of rotatable bonds is 5. The zero-order chi connectivity index (χ0) is 17.2. The molecule has 0 unspecified atom stereocenters.